The number of fused-ring (bicyclic) bond motifs is 1. The van der Waals surface area contributed by atoms with Crippen LogP contribution >= 0.6 is 0 Å². The number of nitrogens with one attached hydrogen (secondary N) is 1. The summed E-state index contributed by atoms with van der Waals surface area (Å²) in [5, 5.41) is 13.3. The van der Waals surface area contributed by atoms with E-state index in [9.17, 15) is 19.2 Å². The Labute approximate surface area is 196 Å². The number of carboxylic acid groups (broad SMARTS) is 1. The lowest BCUT2D eigenvalue weighted by Gasteiger charge is -2.16. The van der Waals surface area contributed by atoms with Gasteiger partial charge >= 0.3 is 18.0 Å². The van der Waals surface area contributed by atoms with Crippen LogP contribution in [0.5, 0.6) is 0 Å². The molecule has 1 atom stereocenters. The fourth-order valence-electron chi connectivity index (χ4n) is 3.47. The fourth-order valence-corrected chi connectivity index (χ4v) is 3.47. The Bertz CT molecular complexity index is 1190. The van der Waals surface area contributed by atoms with Crippen molar-refractivity contribution in [3.63, 3.8) is 0 Å². The molecule has 0 aromatic heterocycles. The average molecular weight is 463 g/mol. The maximum absolute atomic E-state index is 12.5. The van der Waals surface area contributed by atoms with Gasteiger partial charge in [-0.25, -0.2) is 4.79 Å². The minimum atomic E-state index is -1.39. The second kappa shape index (κ2) is 11.6. The van der Waals surface area contributed by atoms with Gasteiger partial charge in [-0.1, -0.05) is 66.7 Å². The lowest BCUT2D eigenvalue weighted by atomic mass is 9.99. The Kier molecular flexibility index (Phi) is 8.34. The molecule has 3 rings (SSSR count). The molecule has 0 heterocycles. The van der Waals surface area contributed by atoms with Gasteiger partial charge < -0.3 is 19.9 Å². The Morgan fingerprint density at radius 3 is 2.32 bits per heavy atom. The van der Waals surface area contributed by atoms with Gasteiger partial charge in [-0.15, -0.1) is 0 Å². The van der Waals surface area contributed by atoms with Crippen molar-refractivity contribution in [1.82, 2.24) is 5.32 Å². The van der Waals surface area contributed by atoms with Crippen LogP contribution in [-0.2, 0) is 36.9 Å². The van der Waals surface area contributed by atoms with E-state index in [-0.39, 0.29) is 13.0 Å². The fraction of sp³-hybridized carbons (Fsp3) is 0.231. The third-order valence-corrected chi connectivity index (χ3v) is 5.21. The van der Waals surface area contributed by atoms with Crippen LogP contribution in [0.2, 0.25) is 0 Å². The predicted octanol–water partition coefficient (Wildman–Crippen LogP) is 3.57. The average Bonchev–Trinajstić information content (AvgIpc) is 2.82. The zero-order valence-electron chi connectivity index (χ0n) is 18.7. The molecule has 3 aromatic carbocycles. The third kappa shape index (κ3) is 6.90. The lowest BCUT2D eigenvalue weighted by Crippen LogP contribution is -2.44. The largest absolute Gasteiger partial charge is 0.481 e. The summed E-state index contributed by atoms with van der Waals surface area (Å²) < 4.78 is 10.1. The number of carboxylic acids is 1. The standard InChI is InChI=1S/C26H25NO7/c1-17-7-5-12-21-19(10-6-11-20(17)21)13-25(31)33-16-23(28)22(14-24(29)30)27-26(32)34-15-18-8-3-2-4-9-18/h2-12,22H,13-16H2,1H3,(H,27,32)(H,29,30)/t22-/m0/s1. The number of aryl methyl sites for hydroxylation is 1. The molecule has 176 valence electrons. The SMILES string of the molecule is Cc1cccc2c(CC(=O)OCC(=O)[C@H](CC(=O)O)NC(=O)OCc3ccccc3)cccc12. The molecule has 0 unspecified atom stereocenters. The zero-order chi connectivity index (χ0) is 24.5. The van der Waals surface area contributed by atoms with Crippen molar-refractivity contribution < 1.29 is 33.8 Å². The highest BCUT2D eigenvalue weighted by Gasteiger charge is 2.25. The van der Waals surface area contributed by atoms with Crippen molar-refractivity contribution in [2.75, 3.05) is 6.61 Å². The van der Waals surface area contributed by atoms with Crippen molar-refractivity contribution in [3.05, 3.63) is 83.4 Å². The molecular weight excluding hydrogens is 438 g/mol. The molecule has 0 saturated carbocycles. The van der Waals surface area contributed by atoms with Gasteiger partial charge in [0.1, 0.15) is 12.6 Å². The van der Waals surface area contributed by atoms with Crippen LogP contribution in [0.1, 0.15) is 23.1 Å². The molecule has 8 nitrogen and oxygen atoms in total. The summed E-state index contributed by atoms with van der Waals surface area (Å²) in [7, 11) is 0. The number of amides is 1. The van der Waals surface area contributed by atoms with Gasteiger partial charge in [0.25, 0.3) is 0 Å². The number of hydrogen-bond acceptors (Lipinski definition) is 6. The number of ketones is 1. The van der Waals surface area contributed by atoms with Gasteiger partial charge in [0.05, 0.1) is 12.8 Å². The van der Waals surface area contributed by atoms with Crippen LogP contribution in [0.3, 0.4) is 0 Å². The molecule has 0 spiro atoms. The molecule has 8 heteroatoms. The van der Waals surface area contributed by atoms with E-state index in [2.05, 4.69) is 5.32 Å². The molecule has 1 amide bonds. The maximum Gasteiger partial charge on any atom is 0.408 e. The first-order chi connectivity index (χ1) is 16.3. The minimum Gasteiger partial charge on any atom is -0.481 e. The van der Waals surface area contributed by atoms with Gasteiger partial charge in [-0.3, -0.25) is 14.4 Å². The summed E-state index contributed by atoms with van der Waals surface area (Å²) in [5.41, 5.74) is 2.56. The van der Waals surface area contributed by atoms with Gasteiger partial charge in [0.15, 0.2) is 12.4 Å². The number of Topliss-reactive ketones (excluding diaryl/α,β-unsaturated/α-hetero) is 1. The van der Waals surface area contributed by atoms with E-state index in [1.165, 1.54) is 0 Å². The number of alkyl carbamates (subject to hydrolysis) is 1. The van der Waals surface area contributed by atoms with Crippen molar-refractivity contribution >= 4 is 34.6 Å². The number of benzene rings is 3. The van der Waals surface area contributed by atoms with E-state index in [4.69, 9.17) is 14.6 Å². The Balaban J connectivity index is 1.55. The number of carbonyl (C=O) groups is 4. The highest BCUT2D eigenvalue weighted by molar-refractivity contribution is 5.94. The Morgan fingerprint density at radius 2 is 1.59 bits per heavy atom. The van der Waals surface area contributed by atoms with Crippen molar-refractivity contribution in [1.29, 1.82) is 0 Å². The molecule has 2 N–H and O–H groups in total. The minimum absolute atomic E-state index is 0.0415. The van der Waals surface area contributed by atoms with Gasteiger partial charge in [0.2, 0.25) is 0 Å². The number of aliphatic carboxylic acids is 1. The highest BCUT2D eigenvalue weighted by Crippen LogP contribution is 2.22. The maximum atomic E-state index is 12.5. The number of hydrogen-bond donors (Lipinski definition) is 2. The smallest absolute Gasteiger partial charge is 0.408 e. The van der Waals surface area contributed by atoms with E-state index >= 15 is 0 Å². The van der Waals surface area contributed by atoms with Crippen LogP contribution < -0.4 is 5.32 Å². The molecule has 0 radical (unpaired) electrons. The number of rotatable bonds is 10. The monoisotopic (exact) mass is 463 g/mol. The summed E-state index contributed by atoms with van der Waals surface area (Å²) in [6.45, 7) is 1.27. The lowest BCUT2D eigenvalue weighted by molar-refractivity contribution is -0.148. The normalized spacial score (nSPS) is 11.4. The van der Waals surface area contributed by atoms with Crippen LogP contribution in [-0.4, -0.2) is 41.6 Å². The van der Waals surface area contributed by atoms with E-state index in [0.717, 1.165) is 27.5 Å². The third-order valence-electron chi connectivity index (χ3n) is 5.21. The summed E-state index contributed by atoms with van der Waals surface area (Å²) in [6, 6.07) is 18.9. The topological polar surface area (TPSA) is 119 Å². The Morgan fingerprint density at radius 1 is 0.882 bits per heavy atom. The number of esters is 1. The van der Waals surface area contributed by atoms with Crippen LogP contribution in [0, 0.1) is 6.92 Å². The molecule has 34 heavy (non-hydrogen) atoms. The van der Waals surface area contributed by atoms with Gasteiger partial charge in [-0.2, -0.15) is 0 Å². The molecular formula is C26H25NO7. The van der Waals surface area contributed by atoms with E-state index in [1.54, 1.807) is 24.3 Å². The number of ether oxygens (including phenoxy) is 2. The second-order valence-corrected chi connectivity index (χ2v) is 7.75. The highest BCUT2D eigenvalue weighted by atomic mass is 16.5. The zero-order valence-corrected chi connectivity index (χ0v) is 18.7. The van der Waals surface area contributed by atoms with E-state index in [1.807, 2.05) is 49.4 Å². The summed E-state index contributed by atoms with van der Waals surface area (Å²) in [5.74, 6) is -2.68. The van der Waals surface area contributed by atoms with Crippen molar-refractivity contribution in [2.45, 2.75) is 32.4 Å². The summed E-state index contributed by atoms with van der Waals surface area (Å²) in [6.07, 6.45) is -1.66. The first-order valence-corrected chi connectivity index (χ1v) is 10.7. The summed E-state index contributed by atoms with van der Waals surface area (Å²) >= 11 is 0. The summed E-state index contributed by atoms with van der Waals surface area (Å²) in [4.78, 5) is 48.1. The van der Waals surface area contributed by atoms with E-state index < -0.39 is 42.9 Å². The first-order valence-electron chi connectivity index (χ1n) is 10.7. The molecule has 0 aliphatic heterocycles. The van der Waals surface area contributed by atoms with Crippen molar-refractivity contribution in [2.24, 2.45) is 0 Å². The van der Waals surface area contributed by atoms with E-state index in [0.29, 0.717) is 0 Å². The quantitative estimate of drug-likeness (QED) is 0.441. The molecule has 0 bridgehead atoms. The van der Waals surface area contributed by atoms with Gasteiger partial charge in [0, 0.05) is 0 Å². The first kappa shape index (κ1) is 24.4. The molecule has 0 saturated heterocycles. The predicted molar refractivity (Wildman–Crippen MR) is 124 cm³/mol. The van der Waals surface area contributed by atoms with Crippen LogP contribution in [0.4, 0.5) is 4.79 Å². The molecule has 0 aliphatic rings. The van der Waals surface area contributed by atoms with Crippen LogP contribution in [0.25, 0.3) is 10.8 Å². The molecule has 3 aromatic rings. The van der Waals surface area contributed by atoms with Crippen LogP contribution in [0.15, 0.2) is 66.7 Å². The van der Waals surface area contributed by atoms with Crippen molar-refractivity contribution in [3.8, 4) is 0 Å². The number of carbonyl (C=O) groups excluding carboxylic acids is 3. The molecule has 0 fully saturated rings. The van der Waals surface area contributed by atoms with Gasteiger partial charge in [-0.05, 0) is 34.4 Å². The second-order valence-electron chi connectivity index (χ2n) is 7.75. The molecule has 0 aliphatic carbocycles. The Hall–Kier alpha value is -4.20.